The summed E-state index contributed by atoms with van der Waals surface area (Å²) in [5.41, 5.74) is -1.17. The average molecular weight is 494 g/mol. The molecule has 1 aliphatic carbocycles. The summed E-state index contributed by atoms with van der Waals surface area (Å²) >= 11 is 0. The van der Waals surface area contributed by atoms with Crippen molar-refractivity contribution in [1.82, 2.24) is 20.3 Å². The maximum Gasteiger partial charge on any atom is 0.233 e. The first kappa shape index (κ1) is 25.3. The van der Waals surface area contributed by atoms with Gasteiger partial charge < -0.3 is 26.4 Å². The molecule has 1 saturated heterocycles. The van der Waals surface area contributed by atoms with Crippen molar-refractivity contribution < 1.29 is 18.3 Å². The zero-order valence-corrected chi connectivity index (χ0v) is 20.2. The van der Waals surface area contributed by atoms with Gasteiger partial charge in [0.25, 0.3) is 0 Å². The van der Waals surface area contributed by atoms with Gasteiger partial charge in [0.2, 0.25) is 23.7 Å². The molecule has 192 valence electrons. The number of phenols is 1. The van der Waals surface area contributed by atoms with Crippen molar-refractivity contribution >= 4 is 23.5 Å². The molecule has 1 aromatic carbocycles. The number of nitrogens with zero attached hydrogens (tertiary/aromatic N) is 3. The summed E-state index contributed by atoms with van der Waals surface area (Å²) in [5, 5.41) is 22.3. The maximum absolute atomic E-state index is 14.7. The molecule has 2 aromatic rings. The molecule has 1 aliphatic heterocycles. The van der Waals surface area contributed by atoms with Crippen LogP contribution < -0.4 is 21.3 Å². The third-order valence-electron chi connectivity index (χ3n) is 6.92. The van der Waals surface area contributed by atoms with Gasteiger partial charge in [-0.25, -0.2) is 8.78 Å². The summed E-state index contributed by atoms with van der Waals surface area (Å²) in [6.07, 6.45) is 9.47. The normalized spacial score (nSPS) is 19.9. The van der Waals surface area contributed by atoms with Gasteiger partial charge in [0, 0.05) is 23.7 Å². The lowest BCUT2D eigenvalue weighted by Crippen LogP contribution is -2.40. The van der Waals surface area contributed by atoms with Crippen LogP contribution in [0, 0.1) is 24.4 Å². The number of halogens is 3. The van der Waals surface area contributed by atoms with Crippen LogP contribution in [0.4, 0.5) is 36.7 Å². The van der Waals surface area contributed by atoms with Crippen molar-refractivity contribution in [2.45, 2.75) is 89.8 Å². The van der Waals surface area contributed by atoms with Crippen molar-refractivity contribution in [2.24, 2.45) is 0 Å². The number of rotatable bonds is 8. The summed E-state index contributed by atoms with van der Waals surface area (Å²) in [7, 11) is 0. The molecular weight excluding hydrogens is 459 g/mol. The van der Waals surface area contributed by atoms with Crippen molar-refractivity contribution in [3.05, 3.63) is 23.0 Å². The van der Waals surface area contributed by atoms with E-state index in [-0.39, 0.29) is 36.0 Å². The van der Waals surface area contributed by atoms with E-state index in [0.29, 0.717) is 0 Å². The van der Waals surface area contributed by atoms with Crippen LogP contribution in [0.2, 0.25) is 0 Å². The van der Waals surface area contributed by atoms with Gasteiger partial charge >= 0.3 is 0 Å². The second-order valence-electron chi connectivity index (χ2n) is 9.42. The molecule has 35 heavy (non-hydrogen) atoms. The van der Waals surface area contributed by atoms with Crippen LogP contribution in [0.1, 0.15) is 70.3 Å². The predicted molar refractivity (Wildman–Crippen MR) is 130 cm³/mol. The fourth-order valence-electron chi connectivity index (χ4n) is 4.86. The number of hydrogen-bond donors (Lipinski definition) is 5. The lowest BCUT2D eigenvalue weighted by Gasteiger charge is -2.24. The Morgan fingerprint density at radius 1 is 0.914 bits per heavy atom. The Balaban J connectivity index is 1.65. The Bertz CT molecular complexity index is 996. The second kappa shape index (κ2) is 11.3. The van der Waals surface area contributed by atoms with E-state index in [1.54, 1.807) is 0 Å². The molecule has 0 bridgehead atoms. The zero-order chi connectivity index (χ0) is 24.9. The highest BCUT2D eigenvalue weighted by atomic mass is 19.2. The highest BCUT2D eigenvalue weighted by Crippen LogP contribution is 2.34. The predicted octanol–water partition coefficient (Wildman–Crippen LogP) is 5.12. The molecule has 11 heteroatoms. The summed E-state index contributed by atoms with van der Waals surface area (Å²) in [6, 6.07) is 0.497. The minimum Gasteiger partial charge on any atom is -0.504 e. The summed E-state index contributed by atoms with van der Waals surface area (Å²) in [4.78, 5) is 13.2. The molecular formula is C24H34F3N7O. The van der Waals surface area contributed by atoms with Gasteiger partial charge in [-0.3, -0.25) is 0 Å². The fraction of sp³-hybridized carbons (Fsp3) is 0.625. The van der Waals surface area contributed by atoms with E-state index in [0.717, 1.165) is 58.4 Å². The van der Waals surface area contributed by atoms with Crippen LogP contribution in [0.3, 0.4) is 0 Å². The van der Waals surface area contributed by atoms with E-state index < -0.39 is 34.5 Å². The number of aromatic nitrogens is 3. The smallest absolute Gasteiger partial charge is 0.233 e. The molecule has 8 nitrogen and oxygen atoms in total. The van der Waals surface area contributed by atoms with E-state index in [1.807, 2.05) is 0 Å². The van der Waals surface area contributed by atoms with Crippen LogP contribution in [0.5, 0.6) is 5.75 Å². The Labute approximate surface area is 203 Å². The van der Waals surface area contributed by atoms with Crippen molar-refractivity contribution in [3.63, 3.8) is 0 Å². The molecule has 2 aliphatic rings. The van der Waals surface area contributed by atoms with E-state index in [1.165, 1.54) is 12.8 Å². The van der Waals surface area contributed by atoms with Crippen molar-refractivity contribution in [2.75, 3.05) is 22.5 Å². The van der Waals surface area contributed by atoms with Crippen LogP contribution >= 0.6 is 0 Å². The number of benzene rings is 1. The Hall–Kier alpha value is -2.82. The van der Waals surface area contributed by atoms with Crippen LogP contribution in [0.25, 0.3) is 0 Å². The molecule has 4 rings (SSSR count). The Morgan fingerprint density at radius 2 is 1.60 bits per heavy atom. The minimum atomic E-state index is -1.54. The molecule has 1 aromatic heterocycles. The van der Waals surface area contributed by atoms with Gasteiger partial charge in [-0.15, -0.1) is 0 Å². The Morgan fingerprint density at radius 3 is 2.26 bits per heavy atom. The van der Waals surface area contributed by atoms with Crippen LogP contribution in [0.15, 0.2) is 0 Å². The first-order chi connectivity index (χ1) is 16.9. The molecule has 0 radical (unpaired) electrons. The number of nitrogens with one attached hydrogen (secondary N) is 4. The minimum absolute atomic E-state index is 0.0558. The molecule has 2 fully saturated rings. The molecule has 0 amide bonds. The monoisotopic (exact) mass is 493 g/mol. The number of aromatic hydroxyl groups is 1. The quantitative estimate of drug-likeness (QED) is 0.196. The van der Waals surface area contributed by atoms with Crippen molar-refractivity contribution in [1.29, 1.82) is 0 Å². The lowest BCUT2D eigenvalue weighted by atomic mass is 10.0. The van der Waals surface area contributed by atoms with Crippen molar-refractivity contribution in [3.8, 4) is 5.75 Å². The third-order valence-corrected chi connectivity index (χ3v) is 6.92. The Kier molecular flexibility index (Phi) is 8.15. The van der Waals surface area contributed by atoms with Gasteiger partial charge in [0.15, 0.2) is 17.4 Å². The van der Waals surface area contributed by atoms with Crippen LogP contribution in [-0.4, -0.2) is 44.7 Å². The molecule has 0 spiro atoms. The number of phenolic OH excluding ortho intramolecular Hbond substituents is 1. The van der Waals surface area contributed by atoms with Gasteiger partial charge in [0.1, 0.15) is 5.69 Å². The molecule has 1 saturated carbocycles. The van der Waals surface area contributed by atoms with Gasteiger partial charge in [-0.2, -0.15) is 19.3 Å². The third kappa shape index (κ3) is 5.88. The second-order valence-corrected chi connectivity index (χ2v) is 9.42. The number of anilines is 4. The van der Waals surface area contributed by atoms with E-state index >= 15 is 0 Å². The van der Waals surface area contributed by atoms with E-state index in [2.05, 4.69) is 43.1 Å². The maximum atomic E-state index is 14.7. The largest absolute Gasteiger partial charge is 0.504 e. The van der Waals surface area contributed by atoms with Gasteiger partial charge in [-0.05, 0) is 45.6 Å². The molecule has 2 heterocycles. The average Bonchev–Trinajstić information content (AvgIpc) is 3.27. The first-order valence-electron chi connectivity index (χ1n) is 12.5. The first-order valence-corrected chi connectivity index (χ1v) is 12.5. The highest BCUT2D eigenvalue weighted by Gasteiger charge is 2.26. The van der Waals surface area contributed by atoms with E-state index in [9.17, 15) is 18.3 Å². The highest BCUT2D eigenvalue weighted by molar-refractivity contribution is 5.61. The standard InChI is InChI=1S/C24H34F3N7O/c1-3-15(16-11-8-12-28-16)30-23-32-22(29-14-9-6-4-5-7-10-14)33-24(34-23)31-20-17(25)13(2)21(35)19(27)18(20)26/h14-16,28,35H,3-12H2,1-2H3,(H3,29,30,31,32,33,34). The topological polar surface area (TPSA) is 107 Å². The number of hydrogen-bond acceptors (Lipinski definition) is 8. The molecule has 5 N–H and O–H groups in total. The molecule has 2 atom stereocenters. The lowest BCUT2D eigenvalue weighted by molar-refractivity contribution is 0.396. The fourth-order valence-corrected chi connectivity index (χ4v) is 4.86. The SMILES string of the molecule is CCC(Nc1nc(Nc2c(F)c(C)c(O)c(F)c2F)nc(NC2CCCCCC2)n1)C1CCCN1. The summed E-state index contributed by atoms with van der Waals surface area (Å²) in [5.74, 6) is -4.84. The van der Waals surface area contributed by atoms with E-state index in [4.69, 9.17) is 0 Å². The molecule has 2 unspecified atom stereocenters. The summed E-state index contributed by atoms with van der Waals surface area (Å²) in [6.45, 7) is 4.18. The zero-order valence-electron chi connectivity index (χ0n) is 20.2. The summed E-state index contributed by atoms with van der Waals surface area (Å²) < 4.78 is 43.4. The van der Waals surface area contributed by atoms with Gasteiger partial charge in [0.05, 0.1) is 0 Å². The van der Waals surface area contributed by atoms with Crippen LogP contribution in [-0.2, 0) is 0 Å². The van der Waals surface area contributed by atoms with Gasteiger partial charge in [-0.1, -0.05) is 32.6 Å².